The number of hydrogen-bond donors (Lipinski definition) is 0. The van der Waals surface area contributed by atoms with Crippen molar-refractivity contribution >= 4 is 11.5 Å². The van der Waals surface area contributed by atoms with Gasteiger partial charge in [-0.1, -0.05) is 6.08 Å². The highest BCUT2D eigenvalue weighted by atomic mass is 16.1. The maximum absolute atomic E-state index is 11.7. The van der Waals surface area contributed by atoms with Gasteiger partial charge in [0.15, 0.2) is 5.78 Å². The maximum atomic E-state index is 11.7. The van der Waals surface area contributed by atoms with Crippen LogP contribution in [0.5, 0.6) is 0 Å². The Labute approximate surface area is 82.7 Å². The molecule has 0 radical (unpaired) electrons. The van der Waals surface area contributed by atoms with E-state index in [-0.39, 0.29) is 5.78 Å². The normalized spacial score (nSPS) is 29.0. The SMILES string of the molecule is O=C1C=CN=C2C=CC3CCCC3=C12. The average Bonchev–Trinajstić information content (AvgIpc) is 2.65. The topological polar surface area (TPSA) is 29.4 Å². The fraction of sp³-hybridized carbons (Fsp3) is 0.333. The highest BCUT2D eigenvalue weighted by Gasteiger charge is 2.30. The largest absolute Gasteiger partial charge is 0.289 e. The van der Waals surface area contributed by atoms with E-state index in [4.69, 9.17) is 0 Å². The molecule has 0 N–H and O–H groups in total. The molecule has 0 amide bonds. The van der Waals surface area contributed by atoms with Gasteiger partial charge in [0, 0.05) is 17.8 Å². The van der Waals surface area contributed by atoms with Gasteiger partial charge in [-0.25, -0.2) is 0 Å². The van der Waals surface area contributed by atoms with Crippen LogP contribution in [0.1, 0.15) is 19.3 Å². The molecular weight excluding hydrogens is 174 g/mol. The Morgan fingerprint density at radius 1 is 1.36 bits per heavy atom. The van der Waals surface area contributed by atoms with Gasteiger partial charge in [0.1, 0.15) is 0 Å². The van der Waals surface area contributed by atoms with Crippen LogP contribution in [0, 0.1) is 5.92 Å². The first-order chi connectivity index (χ1) is 6.86. The van der Waals surface area contributed by atoms with Crippen molar-refractivity contribution in [1.82, 2.24) is 0 Å². The van der Waals surface area contributed by atoms with E-state index < -0.39 is 0 Å². The smallest absolute Gasteiger partial charge is 0.189 e. The average molecular weight is 185 g/mol. The van der Waals surface area contributed by atoms with E-state index in [1.807, 2.05) is 6.08 Å². The van der Waals surface area contributed by atoms with Crippen molar-refractivity contribution < 1.29 is 4.79 Å². The second-order valence-corrected chi connectivity index (χ2v) is 3.95. The Hall–Kier alpha value is -1.44. The van der Waals surface area contributed by atoms with E-state index in [1.165, 1.54) is 18.4 Å². The summed E-state index contributed by atoms with van der Waals surface area (Å²) in [4.78, 5) is 15.9. The monoisotopic (exact) mass is 185 g/mol. The standard InChI is InChI=1S/C12H11NO/c14-11-6-7-13-10-5-4-8-2-1-3-9(8)12(10)11/h4-8H,1-3H2. The summed E-state index contributed by atoms with van der Waals surface area (Å²) in [6.07, 6.45) is 10.8. The summed E-state index contributed by atoms with van der Waals surface area (Å²) in [7, 11) is 0. The van der Waals surface area contributed by atoms with Crippen LogP contribution >= 0.6 is 0 Å². The molecule has 0 aromatic carbocycles. The fourth-order valence-electron chi connectivity index (χ4n) is 2.51. The number of hydrogen-bond acceptors (Lipinski definition) is 2. The Morgan fingerprint density at radius 3 is 3.21 bits per heavy atom. The van der Waals surface area contributed by atoms with Crippen LogP contribution in [0.3, 0.4) is 0 Å². The molecule has 70 valence electrons. The lowest BCUT2D eigenvalue weighted by Gasteiger charge is -2.19. The molecule has 2 heteroatoms. The van der Waals surface area contributed by atoms with Gasteiger partial charge in [-0.2, -0.15) is 0 Å². The minimum atomic E-state index is 0.140. The van der Waals surface area contributed by atoms with E-state index in [0.717, 1.165) is 17.7 Å². The first kappa shape index (κ1) is 7.92. The molecule has 0 saturated heterocycles. The highest BCUT2D eigenvalue weighted by molar-refractivity contribution is 6.31. The molecule has 0 aromatic heterocycles. The molecule has 3 aliphatic rings. The molecule has 1 heterocycles. The summed E-state index contributed by atoms with van der Waals surface area (Å²) >= 11 is 0. The molecule has 1 saturated carbocycles. The zero-order valence-corrected chi connectivity index (χ0v) is 7.86. The van der Waals surface area contributed by atoms with Gasteiger partial charge in [-0.15, -0.1) is 0 Å². The second kappa shape index (κ2) is 2.77. The van der Waals surface area contributed by atoms with Crippen LogP contribution in [0.25, 0.3) is 0 Å². The summed E-state index contributed by atoms with van der Waals surface area (Å²) in [5, 5.41) is 0. The highest BCUT2D eigenvalue weighted by Crippen LogP contribution is 2.38. The van der Waals surface area contributed by atoms with E-state index in [0.29, 0.717) is 5.92 Å². The van der Waals surface area contributed by atoms with Crippen LogP contribution in [-0.2, 0) is 4.79 Å². The maximum Gasteiger partial charge on any atom is 0.189 e. The fourth-order valence-corrected chi connectivity index (χ4v) is 2.51. The van der Waals surface area contributed by atoms with Gasteiger partial charge in [-0.3, -0.25) is 9.79 Å². The number of fused-ring (bicyclic) bond motifs is 2. The van der Waals surface area contributed by atoms with Crippen molar-refractivity contribution in [3.63, 3.8) is 0 Å². The molecule has 2 nitrogen and oxygen atoms in total. The van der Waals surface area contributed by atoms with Crippen molar-refractivity contribution in [2.24, 2.45) is 10.9 Å². The van der Waals surface area contributed by atoms with Crippen molar-refractivity contribution in [2.75, 3.05) is 0 Å². The van der Waals surface area contributed by atoms with Crippen molar-refractivity contribution in [2.45, 2.75) is 19.3 Å². The summed E-state index contributed by atoms with van der Waals surface area (Å²) < 4.78 is 0. The van der Waals surface area contributed by atoms with Crippen LogP contribution in [0.4, 0.5) is 0 Å². The zero-order chi connectivity index (χ0) is 9.54. The molecule has 0 spiro atoms. The number of rotatable bonds is 0. The third-order valence-corrected chi connectivity index (χ3v) is 3.16. The van der Waals surface area contributed by atoms with Gasteiger partial charge in [0.25, 0.3) is 0 Å². The molecule has 14 heavy (non-hydrogen) atoms. The molecule has 2 aliphatic carbocycles. The summed E-state index contributed by atoms with van der Waals surface area (Å²) in [6.45, 7) is 0. The first-order valence-corrected chi connectivity index (χ1v) is 5.06. The number of ketones is 1. The van der Waals surface area contributed by atoms with Gasteiger partial charge < -0.3 is 0 Å². The lowest BCUT2D eigenvalue weighted by atomic mass is 9.86. The van der Waals surface area contributed by atoms with Crippen LogP contribution in [0.2, 0.25) is 0 Å². The quantitative estimate of drug-likeness (QED) is 0.568. The number of carbonyl (C=O) groups excluding carboxylic acids is 1. The molecule has 1 unspecified atom stereocenters. The Bertz CT molecular complexity index is 424. The number of aliphatic imine (C=N–C) groups is 1. The lowest BCUT2D eigenvalue weighted by Crippen LogP contribution is -2.19. The van der Waals surface area contributed by atoms with E-state index >= 15 is 0 Å². The van der Waals surface area contributed by atoms with Crippen molar-refractivity contribution in [3.05, 3.63) is 35.6 Å². The van der Waals surface area contributed by atoms with Crippen molar-refractivity contribution in [1.29, 1.82) is 0 Å². The minimum absolute atomic E-state index is 0.140. The number of carbonyl (C=O) groups is 1. The molecule has 1 atom stereocenters. The van der Waals surface area contributed by atoms with Crippen molar-refractivity contribution in [3.8, 4) is 0 Å². The Balaban J connectivity index is 2.18. The lowest BCUT2D eigenvalue weighted by molar-refractivity contribution is -0.111. The van der Waals surface area contributed by atoms with Gasteiger partial charge in [0.05, 0.1) is 5.71 Å². The molecule has 3 rings (SSSR count). The summed E-state index contributed by atoms with van der Waals surface area (Å²) in [5.74, 6) is 0.653. The molecule has 0 aromatic rings. The predicted molar refractivity (Wildman–Crippen MR) is 55.1 cm³/mol. The van der Waals surface area contributed by atoms with Gasteiger partial charge in [0.2, 0.25) is 0 Å². The molecular formula is C12H11NO. The number of allylic oxidation sites excluding steroid dienone is 5. The summed E-state index contributed by atoms with van der Waals surface area (Å²) in [6, 6.07) is 0. The Morgan fingerprint density at radius 2 is 2.29 bits per heavy atom. The van der Waals surface area contributed by atoms with E-state index in [2.05, 4.69) is 11.1 Å². The van der Waals surface area contributed by atoms with Gasteiger partial charge >= 0.3 is 0 Å². The van der Waals surface area contributed by atoms with E-state index in [1.54, 1.807) is 12.3 Å². The van der Waals surface area contributed by atoms with Crippen LogP contribution in [-0.4, -0.2) is 11.5 Å². The summed E-state index contributed by atoms with van der Waals surface area (Å²) in [5.41, 5.74) is 3.07. The minimum Gasteiger partial charge on any atom is -0.289 e. The Kier molecular flexibility index (Phi) is 1.57. The number of nitrogens with zero attached hydrogens (tertiary/aromatic N) is 1. The van der Waals surface area contributed by atoms with Crippen LogP contribution in [0.15, 0.2) is 40.6 Å². The predicted octanol–water partition coefficient (Wildman–Crippen LogP) is 2.19. The van der Waals surface area contributed by atoms with E-state index in [9.17, 15) is 4.79 Å². The first-order valence-electron chi connectivity index (χ1n) is 5.06. The molecule has 1 fully saturated rings. The van der Waals surface area contributed by atoms with Gasteiger partial charge in [-0.05, 0) is 36.8 Å². The molecule has 0 bridgehead atoms. The third-order valence-electron chi connectivity index (χ3n) is 3.16. The zero-order valence-electron chi connectivity index (χ0n) is 7.86. The second-order valence-electron chi connectivity index (χ2n) is 3.95. The molecule has 1 aliphatic heterocycles. The van der Waals surface area contributed by atoms with Crippen LogP contribution < -0.4 is 0 Å². The third kappa shape index (κ3) is 0.969.